The van der Waals surface area contributed by atoms with E-state index in [0.717, 1.165) is 0 Å². The van der Waals surface area contributed by atoms with Gasteiger partial charge in [0.25, 0.3) is 0 Å². The summed E-state index contributed by atoms with van der Waals surface area (Å²) in [5, 5.41) is 5.61. The van der Waals surface area contributed by atoms with Crippen molar-refractivity contribution in [3.05, 3.63) is 59.7 Å². The second-order valence-electron chi connectivity index (χ2n) is 7.04. The first-order valence-corrected chi connectivity index (χ1v) is 9.76. The molecule has 0 aliphatic carbocycles. The van der Waals surface area contributed by atoms with Gasteiger partial charge in [-0.2, -0.15) is 0 Å². The maximum Gasteiger partial charge on any atom is -0.0143 e. The van der Waals surface area contributed by atoms with Crippen LogP contribution in [0.2, 0.25) is 0 Å². The van der Waals surface area contributed by atoms with E-state index in [9.17, 15) is 0 Å². The predicted molar refractivity (Wildman–Crippen MR) is 118 cm³/mol. The number of benzene rings is 3. The molecule has 0 fully saturated rings. The number of aryl methyl sites for hydroxylation is 2. The second-order valence-corrected chi connectivity index (χ2v) is 7.04. The molecule has 0 saturated heterocycles. The smallest absolute Gasteiger partial charge is 0.0143 e. The molecule has 0 aromatic heterocycles. The Morgan fingerprint density at radius 1 is 0.640 bits per heavy atom. The molecule has 0 N–H and O–H groups in total. The summed E-state index contributed by atoms with van der Waals surface area (Å²) in [7, 11) is 0. The molecule has 0 spiro atoms. The first kappa shape index (κ1) is 20.0. The van der Waals surface area contributed by atoms with Crippen LogP contribution in [-0.4, -0.2) is 0 Å². The standard InChI is InChI=1S/C24H30.BrH/c1-3-5-7-11-19-15-16-22-17-20-12-9-10-13-21(20)18-24(22)23(19)14-8-6-4-2;/h9-10,12-13,15-18H,3-8,11,14H2,1-2H3;1H. The van der Waals surface area contributed by atoms with Crippen LogP contribution in [0.3, 0.4) is 0 Å². The van der Waals surface area contributed by atoms with Gasteiger partial charge in [0.1, 0.15) is 0 Å². The van der Waals surface area contributed by atoms with E-state index >= 15 is 0 Å². The van der Waals surface area contributed by atoms with E-state index in [1.54, 1.807) is 11.1 Å². The lowest BCUT2D eigenvalue weighted by Gasteiger charge is -2.14. The summed E-state index contributed by atoms with van der Waals surface area (Å²) in [6.45, 7) is 4.58. The van der Waals surface area contributed by atoms with Crippen LogP contribution in [0.15, 0.2) is 48.5 Å². The van der Waals surface area contributed by atoms with Crippen molar-refractivity contribution in [2.24, 2.45) is 0 Å². The van der Waals surface area contributed by atoms with Crippen molar-refractivity contribution < 1.29 is 0 Å². The predicted octanol–water partition coefficient (Wildman–Crippen LogP) is 8.04. The Balaban J connectivity index is 0.00000225. The van der Waals surface area contributed by atoms with Crippen LogP contribution in [-0.2, 0) is 12.8 Å². The Bertz CT molecular complexity index is 804. The molecule has 25 heavy (non-hydrogen) atoms. The minimum atomic E-state index is 0. The van der Waals surface area contributed by atoms with Gasteiger partial charge < -0.3 is 0 Å². The minimum absolute atomic E-state index is 0. The van der Waals surface area contributed by atoms with E-state index in [2.05, 4.69) is 62.4 Å². The average molecular weight is 399 g/mol. The Kier molecular flexibility index (Phi) is 7.96. The van der Waals surface area contributed by atoms with Crippen LogP contribution in [0.4, 0.5) is 0 Å². The first-order chi connectivity index (χ1) is 11.8. The highest BCUT2D eigenvalue weighted by molar-refractivity contribution is 8.93. The van der Waals surface area contributed by atoms with Gasteiger partial charge >= 0.3 is 0 Å². The molecule has 3 aromatic rings. The summed E-state index contributed by atoms with van der Waals surface area (Å²) >= 11 is 0. The molecule has 1 heteroatoms. The third kappa shape index (κ3) is 4.85. The molecule has 0 atom stereocenters. The Labute approximate surface area is 163 Å². The molecule has 0 amide bonds. The SMILES string of the molecule is Br.CCCCCc1ccc2cc3ccccc3cc2c1CCCCC. The van der Waals surface area contributed by atoms with Gasteiger partial charge in [-0.15, -0.1) is 17.0 Å². The average Bonchev–Trinajstić information content (AvgIpc) is 2.61. The maximum atomic E-state index is 2.43. The zero-order valence-electron chi connectivity index (χ0n) is 15.7. The first-order valence-electron chi connectivity index (χ1n) is 9.76. The molecule has 0 aliphatic heterocycles. The van der Waals surface area contributed by atoms with Crippen LogP contribution in [0.1, 0.15) is 63.5 Å². The van der Waals surface area contributed by atoms with Gasteiger partial charge in [0.15, 0.2) is 0 Å². The molecule has 0 radical (unpaired) electrons. The lowest BCUT2D eigenvalue weighted by Crippen LogP contribution is -1.97. The van der Waals surface area contributed by atoms with E-state index in [1.165, 1.54) is 72.9 Å². The van der Waals surface area contributed by atoms with Crippen molar-refractivity contribution in [2.45, 2.75) is 65.2 Å². The summed E-state index contributed by atoms with van der Waals surface area (Å²) in [4.78, 5) is 0. The van der Waals surface area contributed by atoms with E-state index in [1.807, 2.05) is 0 Å². The van der Waals surface area contributed by atoms with Gasteiger partial charge in [0.05, 0.1) is 0 Å². The van der Waals surface area contributed by atoms with Crippen LogP contribution < -0.4 is 0 Å². The summed E-state index contributed by atoms with van der Waals surface area (Å²) in [6.07, 6.45) is 10.3. The lowest BCUT2D eigenvalue weighted by atomic mass is 9.90. The number of unbranched alkanes of at least 4 members (excludes halogenated alkanes) is 4. The maximum absolute atomic E-state index is 2.43. The largest absolute Gasteiger partial charge is 0.114 e. The third-order valence-corrected chi connectivity index (χ3v) is 5.17. The van der Waals surface area contributed by atoms with Crippen molar-refractivity contribution in [1.29, 1.82) is 0 Å². The van der Waals surface area contributed by atoms with Crippen molar-refractivity contribution in [1.82, 2.24) is 0 Å². The van der Waals surface area contributed by atoms with Gasteiger partial charge in [0.2, 0.25) is 0 Å². The van der Waals surface area contributed by atoms with Gasteiger partial charge in [0, 0.05) is 0 Å². The highest BCUT2D eigenvalue weighted by atomic mass is 79.9. The zero-order valence-corrected chi connectivity index (χ0v) is 17.4. The monoisotopic (exact) mass is 398 g/mol. The topological polar surface area (TPSA) is 0 Å². The summed E-state index contributed by atoms with van der Waals surface area (Å²) in [5.41, 5.74) is 3.20. The number of fused-ring (bicyclic) bond motifs is 2. The highest BCUT2D eigenvalue weighted by Crippen LogP contribution is 2.30. The van der Waals surface area contributed by atoms with Gasteiger partial charge in [-0.1, -0.05) is 75.9 Å². The van der Waals surface area contributed by atoms with Crippen LogP contribution in [0.25, 0.3) is 21.5 Å². The van der Waals surface area contributed by atoms with Crippen molar-refractivity contribution >= 4 is 38.5 Å². The van der Waals surface area contributed by atoms with E-state index in [-0.39, 0.29) is 17.0 Å². The second kappa shape index (κ2) is 9.97. The molecular formula is C24H31Br. The van der Waals surface area contributed by atoms with Crippen molar-refractivity contribution in [3.63, 3.8) is 0 Å². The summed E-state index contributed by atoms with van der Waals surface area (Å²) in [5.74, 6) is 0. The molecule has 134 valence electrons. The Morgan fingerprint density at radius 2 is 1.28 bits per heavy atom. The van der Waals surface area contributed by atoms with E-state index < -0.39 is 0 Å². The van der Waals surface area contributed by atoms with Gasteiger partial charge in [-0.25, -0.2) is 0 Å². The minimum Gasteiger partial charge on any atom is -0.114 e. The number of hydrogen-bond acceptors (Lipinski definition) is 0. The van der Waals surface area contributed by atoms with E-state index in [0.29, 0.717) is 0 Å². The number of hydrogen-bond donors (Lipinski definition) is 0. The molecular weight excluding hydrogens is 368 g/mol. The molecule has 0 unspecified atom stereocenters. The molecule has 0 nitrogen and oxygen atoms in total. The summed E-state index contributed by atoms with van der Waals surface area (Å²) < 4.78 is 0. The molecule has 0 bridgehead atoms. The highest BCUT2D eigenvalue weighted by Gasteiger charge is 2.09. The Hall–Kier alpha value is -1.34. The lowest BCUT2D eigenvalue weighted by molar-refractivity contribution is 0.696. The Morgan fingerprint density at radius 3 is 1.96 bits per heavy atom. The van der Waals surface area contributed by atoms with E-state index in [4.69, 9.17) is 0 Å². The fraction of sp³-hybridized carbons (Fsp3) is 0.417. The summed E-state index contributed by atoms with van der Waals surface area (Å²) in [6, 6.07) is 18.3. The number of rotatable bonds is 8. The van der Waals surface area contributed by atoms with Gasteiger partial charge in [-0.05, 0) is 70.5 Å². The number of halogens is 1. The van der Waals surface area contributed by atoms with Gasteiger partial charge in [-0.3, -0.25) is 0 Å². The van der Waals surface area contributed by atoms with Crippen molar-refractivity contribution in [2.75, 3.05) is 0 Å². The third-order valence-electron chi connectivity index (χ3n) is 5.17. The van der Waals surface area contributed by atoms with Crippen LogP contribution in [0.5, 0.6) is 0 Å². The normalized spacial score (nSPS) is 11.0. The molecule has 0 heterocycles. The van der Waals surface area contributed by atoms with Crippen LogP contribution >= 0.6 is 17.0 Å². The fourth-order valence-corrected chi connectivity index (χ4v) is 3.77. The zero-order chi connectivity index (χ0) is 16.8. The van der Waals surface area contributed by atoms with Crippen molar-refractivity contribution in [3.8, 4) is 0 Å². The molecule has 3 aromatic carbocycles. The molecule has 0 aliphatic rings. The fourth-order valence-electron chi connectivity index (χ4n) is 3.77. The molecule has 3 rings (SSSR count). The van der Waals surface area contributed by atoms with Crippen LogP contribution in [0, 0.1) is 0 Å². The quantitative estimate of drug-likeness (QED) is 0.266. The molecule has 0 saturated carbocycles.